The summed E-state index contributed by atoms with van der Waals surface area (Å²) in [5.41, 5.74) is 0.431. The van der Waals surface area contributed by atoms with Crippen molar-refractivity contribution >= 4 is 17.5 Å². The summed E-state index contributed by atoms with van der Waals surface area (Å²) in [6.45, 7) is 3.66. The third-order valence-corrected chi connectivity index (χ3v) is 4.39. The van der Waals surface area contributed by atoms with Gasteiger partial charge < -0.3 is 15.1 Å². The summed E-state index contributed by atoms with van der Waals surface area (Å²) in [6.07, 6.45) is -2.80. The first kappa shape index (κ1) is 22.1. The number of carbonyl (C=O) groups is 2. The zero-order valence-corrected chi connectivity index (χ0v) is 16.8. The molecule has 1 aromatic heterocycles. The number of hydrogen-bond acceptors (Lipinski definition) is 4. The number of rotatable bonds is 6. The number of alkyl halides is 3. The maximum absolute atomic E-state index is 12.6. The van der Waals surface area contributed by atoms with Crippen LogP contribution in [0.4, 0.5) is 18.9 Å². The zero-order valence-electron chi connectivity index (χ0n) is 16.8. The molecule has 0 unspecified atom stereocenters. The SMILES string of the molecule is CC(C)c1cnc(-c2ccc(NC(=O)CNC(=O)c3ccc(C(F)(F)F)cc3)cc2)o1. The van der Waals surface area contributed by atoms with Gasteiger partial charge in [-0.25, -0.2) is 4.98 Å². The second-order valence-electron chi connectivity index (χ2n) is 7.11. The van der Waals surface area contributed by atoms with E-state index in [9.17, 15) is 22.8 Å². The second-order valence-corrected chi connectivity index (χ2v) is 7.11. The van der Waals surface area contributed by atoms with Gasteiger partial charge in [0, 0.05) is 22.7 Å². The molecule has 0 bridgehead atoms. The fraction of sp³-hybridized carbons (Fsp3) is 0.227. The Morgan fingerprint density at radius 1 is 1.03 bits per heavy atom. The van der Waals surface area contributed by atoms with Crippen molar-refractivity contribution in [3.8, 4) is 11.5 Å². The first-order chi connectivity index (χ1) is 14.6. The van der Waals surface area contributed by atoms with Gasteiger partial charge in [-0.15, -0.1) is 0 Å². The highest BCUT2D eigenvalue weighted by Crippen LogP contribution is 2.29. The first-order valence-corrected chi connectivity index (χ1v) is 9.45. The van der Waals surface area contributed by atoms with E-state index in [1.165, 1.54) is 0 Å². The van der Waals surface area contributed by atoms with E-state index in [1.54, 1.807) is 30.5 Å². The molecule has 0 fully saturated rings. The van der Waals surface area contributed by atoms with Gasteiger partial charge in [-0.3, -0.25) is 9.59 Å². The molecule has 0 aliphatic rings. The maximum atomic E-state index is 12.6. The molecule has 162 valence electrons. The van der Waals surface area contributed by atoms with Gasteiger partial charge in [0.1, 0.15) is 5.76 Å². The van der Waals surface area contributed by atoms with E-state index in [0.29, 0.717) is 11.6 Å². The number of halogens is 3. The second kappa shape index (κ2) is 9.03. The van der Waals surface area contributed by atoms with Crippen molar-refractivity contribution in [2.24, 2.45) is 0 Å². The molecule has 2 amide bonds. The number of hydrogen-bond donors (Lipinski definition) is 2. The predicted molar refractivity (Wildman–Crippen MR) is 108 cm³/mol. The minimum absolute atomic E-state index is 0.0249. The van der Waals surface area contributed by atoms with E-state index in [-0.39, 0.29) is 18.0 Å². The predicted octanol–water partition coefficient (Wildman–Crippen LogP) is 4.85. The average Bonchev–Trinajstić information content (AvgIpc) is 3.23. The van der Waals surface area contributed by atoms with E-state index in [1.807, 2.05) is 13.8 Å². The Hall–Kier alpha value is -3.62. The highest BCUT2D eigenvalue weighted by Gasteiger charge is 2.30. The van der Waals surface area contributed by atoms with Crippen molar-refractivity contribution in [1.29, 1.82) is 0 Å². The molecule has 1 heterocycles. The van der Waals surface area contributed by atoms with E-state index in [0.717, 1.165) is 35.6 Å². The first-order valence-electron chi connectivity index (χ1n) is 9.45. The van der Waals surface area contributed by atoms with Gasteiger partial charge >= 0.3 is 6.18 Å². The molecule has 3 rings (SSSR count). The number of benzene rings is 2. The summed E-state index contributed by atoms with van der Waals surface area (Å²) in [5, 5.41) is 5.00. The van der Waals surface area contributed by atoms with Crippen LogP contribution >= 0.6 is 0 Å². The van der Waals surface area contributed by atoms with Gasteiger partial charge in [0.05, 0.1) is 18.3 Å². The summed E-state index contributed by atoms with van der Waals surface area (Å²) in [5.74, 6) is 0.342. The van der Waals surface area contributed by atoms with E-state index < -0.39 is 23.6 Å². The largest absolute Gasteiger partial charge is 0.441 e. The smallest absolute Gasteiger partial charge is 0.416 e. The summed E-state index contributed by atoms with van der Waals surface area (Å²) in [6, 6.07) is 10.6. The standard InChI is InChI=1S/C22H20F3N3O3/c1-13(2)18-11-27-21(31-18)15-5-9-17(10-6-15)28-19(29)12-26-20(30)14-3-7-16(8-4-14)22(23,24)25/h3-11,13H,12H2,1-2H3,(H,26,30)(H,28,29). The van der Waals surface area contributed by atoms with Gasteiger partial charge in [-0.05, 0) is 48.5 Å². The summed E-state index contributed by atoms with van der Waals surface area (Å²) >= 11 is 0. The molecule has 2 aromatic carbocycles. The van der Waals surface area contributed by atoms with E-state index in [4.69, 9.17) is 4.42 Å². The van der Waals surface area contributed by atoms with Gasteiger partial charge in [-0.2, -0.15) is 13.2 Å². The molecule has 0 aliphatic heterocycles. The van der Waals surface area contributed by atoms with Gasteiger partial charge in [0.25, 0.3) is 5.91 Å². The number of carbonyl (C=O) groups excluding carboxylic acids is 2. The van der Waals surface area contributed by atoms with Crippen LogP contribution in [0.3, 0.4) is 0 Å². The summed E-state index contributed by atoms with van der Waals surface area (Å²) in [4.78, 5) is 28.3. The molecule has 0 atom stereocenters. The fourth-order valence-corrected chi connectivity index (χ4v) is 2.66. The number of nitrogens with zero attached hydrogens (tertiary/aromatic N) is 1. The van der Waals surface area contributed by atoms with Crippen molar-refractivity contribution in [2.75, 3.05) is 11.9 Å². The third kappa shape index (κ3) is 5.71. The third-order valence-electron chi connectivity index (χ3n) is 4.39. The molecule has 0 aliphatic carbocycles. The molecule has 0 spiro atoms. The zero-order chi connectivity index (χ0) is 22.6. The van der Waals surface area contributed by atoms with Crippen LogP contribution in [-0.4, -0.2) is 23.3 Å². The topological polar surface area (TPSA) is 84.2 Å². The molecular weight excluding hydrogens is 411 g/mol. The number of aromatic nitrogens is 1. The van der Waals surface area contributed by atoms with Gasteiger partial charge in [-0.1, -0.05) is 13.8 Å². The molecular formula is C22H20F3N3O3. The van der Waals surface area contributed by atoms with Crippen LogP contribution in [-0.2, 0) is 11.0 Å². The maximum Gasteiger partial charge on any atom is 0.416 e. The van der Waals surface area contributed by atoms with Crippen molar-refractivity contribution < 1.29 is 27.2 Å². The Morgan fingerprint density at radius 3 is 2.23 bits per heavy atom. The number of nitrogens with one attached hydrogen (secondary N) is 2. The normalized spacial score (nSPS) is 11.4. The minimum atomic E-state index is -4.48. The highest BCUT2D eigenvalue weighted by molar-refractivity contribution is 5.99. The van der Waals surface area contributed by atoms with Gasteiger partial charge in [0.2, 0.25) is 11.8 Å². The Balaban J connectivity index is 1.52. The fourth-order valence-electron chi connectivity index (χ4n) is 2.66. The molecule has 3 aromatic rings. The van der Waals surface area contributed by atoms with Crippen LogP contribution in [0.15, 0.2) is 59.1 Å². The molecule has 9 heteroatoms. The molecule has 6 nitrogen and oxygen atoms in total. The lowest BCUT2D eigenvalue weighted by Crippen LogP contribution is -2.32. The van der Waals surface area contributed by atoms with Crippen LogP contribution < -0.4 is 10.6 Å². The van der Waals surface area contributed by atoms with Crippen LogP contribution in [0.5, 0.6) is 0 Å². The minimum Gasteiger partial charge on any atom is -0.441 e. The lowest BCUT2D eigenvalue weighted by molar-refractivity contribution is -0.137. The molecule has 0 saturated carbocycles. The number of anilines is 1. The van der Waals surface area contributed by atoms with Crippen molar-refractivity contribution in [3.63, 3.8) is 0 Å². The van der Waals surface area contributed by atoms with Crippen LogP contribution in [0.1, 0.15) is 41.4 Å². The van der Waals surface area contributed by atoms with Gasteiger partial charge in [0.15, 0.2) is 0 Å². The Bertz CT molecular complexity index is 1060. The lowest BCUT2D eigenvalue weighted by Gasteiger charge is -2.09. The average molecular weight is 431 g/mol. The quantitative estimate of drug-likeness (QED) is 0.584. The Kier molecular flexibility index (Phi) is 6.43. The molecule has 0 saturated heterocycles. The summed E-state index contributed by atoms with van der Waals surface area (Å²) < 4.78 is 43.4. The number of oxazole rings is 1. The molecule has 31 heavy (non-hydrogen) atoms. The van der Waals surface area contributed by atoms with E-state index >= 15 is 0 Å². The van der Waals surface area contributed by atoms with Crippen molar-refractivity contribution in [1.82, 2.24) is 10.3 Å². The summed E-state index contributed by atoms with van der Waals surface area (Å²) in [7, 11) is 0. The Labute approximate surface area is 176 Å². The number of amides is 2. The van der Waals surface area contributed by atoms with Crippen molar-refractivity contribution in [2.45, 2.75) is 25.9 Å². The highest BCUT2D eigenvalue weighted by atomic mass is 19.4. The van der Waals surface area contributed by atoms with E-state index in [2.05, 4.69) is 15.6 Å². The molecule has 2 N–H and O–H groups in total. The van der Waals surface area contributed by atoms with Crippen LogP contribution in [0.2, 0.25) is 0 Å². The molecule has 0 radical (unpaired) electrons. The Morgan fingerprint density at radius 2 is 1.68 bits per heavy atom. The monoisotopic (exact) mass is 431 g/mol. The lowest BCUT2D eigenvalue weighted by atomic mass is 10.1. The van der Waals surface area contributed by atoms with Crippen LogP contribution in [0.25, 0.3) is 11.5 Å². The van der Waals surface area contributed by atoms with Crippen LogP contribution in [0, 0.1) is 0 Å². The van der Waals surface area contributed by atoms with Crippen molar-refractivity contribution in [3.05, 3.63) is 71.6 Å².